The topological polar surface area (TPSA) is 38.7 Å². The molecule has 1 unspecified atom stereocenters. The lowest BCUT2D eigenvalue weighted by Gasteiger charge is -2.03. The van der Waals surface area contributed by atoms with E-state index in [0.29, 0.717) is 19.8 Å². The van der Waals surface area contributed by atoms with Crippen molar-refractivity contribution in [3.05, 3.63) is 0 Å². The molecule has 0 saturated carbocycles. The van der Waals surface area contributed by atoms with Crippen LogP contribution in [0.15, 0.2) is 0 Å². The van der Waals surface area contributed by atoms with Crippen molar-refractivity contribution in [2.45, 2.75) is 13.3 Å². The van der Waals surface area contributed by atoms with Crippen molar-refractivity contribution < 1.29 is 19.0 Å². The predicted octanol–water partition coefficient (Wildman–Crippen LogP) is 0.327. The first-order valence-corrected chi connectivity index (χ1v) is 3.25. The van der Waals surface area contributed by atoms with Crippen LogP contribution in [0.25, 0.3) is 0 Å². The number of hydrogen-bond acceptors (Lipinski definition) is 3. The first kappa shape index (κ1) is 9.81. The third-order valence-electron chi connectivity index (χ3n) is 0.832. The largest absolute Gasteiger partial charge is 0.379 e. The molecule has 0 aliphatic carbocycles. The normalized spacial score (nSPS) is 13.5. The molecule has 1 N–H and O–H groups in total. The number of hydrogen-bond donors (Lipinski definition) is 1. The van der Waals surface area contributed by atoms with Crippen molar-refractivity contribution in [1.82, 2.24) is 0 Å². The van der Waals surface area contributed by atoms with Gasteiger partial charge in [-0.3, -0.25) is 0 Å². The van der Waals surface area contributed by atoms with Crippen molar-refractivity contribution in [3.63, 3.8) is 0 Å². The van der Waals surface area contributed by atoms with Gasteiger partial charge in [0.1, 0.15) is 6.61 Å². The molecule has 1 atom stereocenters. The molecule has 0 aromatic heterocycles. The number of alkyl halides is 1. The quantitative estimate of drug-likeness (QED) is 0.557. The number of halogens is 1. The molecule has 0 aliphatic rings. The SMILES string of the molecule is CCOCCOCC(O)F. The zero-order chi connectivity index (χ0) is 7.82. The third kappa shape index (κ3) is 7.81. The fraction of sp³-hybridized carbons (Fsp3) is 1.00. The number of rotatable bonds is 6. The first-order chi connectivity index (χ1) is 4.77. The van der Waals surface area contributed by atoms with Crippen LogP contribution in [0.1, 0.15) is 6.92 Å². The molecule has 0 bridgehead atoms. The summed E-state index contributed by atoms with van der Waals surface area (Å²) in [4.78, 5) is 0. The van der Waals surface area contributed by atoms with E-state index in [-0.39, 0.29) is 6.61 Å². The highest BCUT2D eigenvalue weighted by Gasteiger charge is 1.97. The first-order valence-electron chi connectivity index (χ1n) is 3.25. The Morgan fingerprint density at radius 2 is 2.00 bits per heavy atom. The van der Waals surface area contributed by atoms with Gasteiger partial charge in [-0.25, -0.2) is 4.39 Å². The molecule has 0 aromatic rings. The predicted molar refractivity (Wildman–Crippen MR) is 34.4 cm³/mol. The van der Waals surface area contributed by atoms with Crippen LogP contribution in [0.4, 0.5) is 4.39 Å². The molecule has 0 rings (SSSR count). The summed E-state index contributed by atoms with van der Waals surface area (Å²) >= 11 is 0. The minimum Gasteiger partial charge on any atom is -0.379 e. The average Bonchev–Trinajstić information content (AvgIpc) is 1.87. The second kappa shape index (κ2) is 6.92. The van der Waals surface area contributed by atoms with Gasteiger partial charge in [-0.2, -0.15) is 0 Å². The lowest BCUT2D eigenvalue weighted by atomic mass is 10.7. The molecule has 0 fully saturated rings. The molecule has 0 radical (unpaired) electrons. The monoisotopic (exact) mass is 152 g/mol. The Labute approximate surface area is 59.8 Å². The van der Waals surface area contributed by atoms with Crippen LogP contribution < -0.4 is 0 Å². The second-order valence-corrected chi connectivity index (χ2v) is 1.71. The highest BCUT2D eigenvalue weighted by atomic mass is 19.1. The van der Waals surface area contributed by atoms with Gasteiger partial charge in [0, 0.05) is 6.61 Å². The van der Waals surface area contributed by atoms with Crippen molar-refractivity contribution in [2.75, 3.05) is 26.4 Å². The Morgan fingerprint density at radius 1 is 1.40 bits per heavy atom. The fourth-order valence-electron chi connectivity index (χ4n) is 0.443. The summed E-state index contributed by atoms with van der Waals surface area (Å²) in [6.07, 6.45) is -1.87. The van der Waals surface area contributed by atoms with Crippen molar-refractivity contribution in [3.8, 4) is 0 Å². The minimum absolute atomic E-state index is 0.271. The van der Waals surface area contributed by atoms with E-state index >= 15 is 0 Å². The van der Waals surface area contributed by atoms with E-state index in [2.05, 4.69) is 4.74 Å². The molecule has 0 saturated heterocycles. The molecule has 0 spiro atoms. The highest BCUT2D eigenvalue weighted by molar-refractivity contribution is 4.33. The third-order valence-corrected chi connectivity index (χ3v) is 0.832. The number of ether oxygens (including phenoxy) is 2. The minimum atomic E-state index is -1.87. The molecule has 62 valence electrons. The second-order valence-electron chi connectivity index (χ2n) is 1.71. The summed E-state index contributed by atoms with van der Waals surface area (Å²) < 4.78 is 21.1. The van der Waals surface area contributed by atoms with Crippen LogP contribution in [0.3, 0.4) is 0 Å². The van der Waals surface area contributed by atoms with Gasteiger partial charge in [0.25, 0.3) is 0 Å². The Kier molecular flexibility index (Phi) is 6.79. The number of aliphatic hydroxyl groups is 1. The van der Waals surface area contributed by atoms with E-state index in [0.717, 1.165) is 0 Å². The Balaban J connectivity index is 2.77. The summed E-state index contributed by atoms with van der Waals surface area (Å²) in [6.45, 7) is 3.00. The van der Waals surface area contributed by atoms with Crippen LogP contribution >= 0.6 is 0 Å². The Hall–Kier alpha value is -0.190. The molecule has 10 heavy (non-hydrogen) atoms. The van der Waals surface area contributed by atoms with E-state index < -0.39 is 6.36 Å². The average molecular weight is 152 g/mol. The van der Waals surface area contributed by atoms with Gasteiger partial charge in [-0.05, 0) is 6.92 Å². The molecule has 0 aliphatic heterocycles. The Bertz CT molecular complexity index is 68.0. The van der Waals surface area contributed by atoms with E-state index in [1.54, 1.807) is 0 Å². The summed E-state index contributed by atoms with van der Waals surface area (Å²) in [5.74, 6) is 0. The van der Waals surface area contributed by atoms with E-state index in [1.165, 1.54) is 0 Å². The van der Waals surface area contributed by atoms with Crippen molar-refractivity contribution in [1.29, 1.82) is 0 Å². The Morgan fingerprint density at radius 3 is 2.50 bits per heavy atom. The van der Waals surface area contributed by atoms with Gasteiger partial charge in [0.2, 0.25) is 6.36 Å². The molecule has 0 amide bonds. The molecule has 0 aromatic carbocycles. The molecule has 3 nitrogen and oxygen atoms in total. The molecule has 0 heterocycles. The van der Waals surface area contributed by atoms with Gasteiger partial charge in [0.15, 0.2) is 0 Å². The summed E-state index contributed by atoms with van der Waals surface area (Å²) in [7, 11) is 0. The molecule has 4 heteroatoms. The van der Waals surface area contributed by atoms with Gasteiger partial charge in [0.05, 0.1) is 13.2 Å². The van der Waals surface area contributed by atoms with Crippen molar-refractivity contribution >= 4 is 0 Å². The van der Waals surface area contributed by atoms with E-state index in [4.69, 9.17) is 9.84 Å². The summed E-state index contributed by atoms with van der Waals surface area (Å²) in [5, 5.41) is 8.08. The molecular formula is C6H13FO3. The van der Waals surface area contributed by atoms with E-state index in [9.17, 15) is 4.39 Å². The van der Waals surface area contributed by atoms with Gasteiger partial charge >= 0.3 is 0 Å². The maximum absolute atomic E-state index is 11.6. The highest BCUT2D eigenvalue weighted by Crippen LogP contribution is 1.85. The van der Waals surface area contributed by atoms with Gasteiger partial charge < -0.3 is 14.6 Å². The van der Waals surface area contributed by atoms with Crippen LogP contribution in [-0.4, -0.2) is 37.9 Å². The smallest absolute Gasteiger partial charge is 0.220 e. The fourth-order valence-corrected chi connectivity index (χ4v) is 0.443. The summed E-state index contributed by atoms with van der Waals surface area (Å²) in [6, 6.07) is 0. The standard InChI is InChI=1S/C6H13FO3/c1-2-9-3-4-10-5-6(7)8/h6,8H,2-5H2,1H3. The maximum Gasteiger partial charge on any atom is 0.220 e. The van der Waals surface area contributed by atoms with Gasteiger partial charge in [-0.1, -0.05) is 0 Å². The van der Waals surface area contributed by atoms with Crippen LogP contribution in [-0.2, 0) is 9.47 Å². The zero-order valence-corrected chi connectivity index (χ0v) is 6.05. The molecular weight excluding hydrogens is 139 g/mol. The lowest BCUT2D eigenvalue weighted by Crippen LogP contribution is -2.12. The lowest BCUT2D eigenvalue weighted by molar-refractivity contribution is -0.0502. The van der Waals surface area contributed by atoms with Gasteiger partial charge in [-0.15, -0.1) is 0 Å². The summed E-state index contributed by atoms with van der Waals surface area (Å²) in [5.41, 5.74) is 0. The maximum atomic E-state index is 11.6. The van der Waals surface area contributed by atoms with E-state index in [1.807, 2.05) is 6.92 Å². The zero-order valence-electron chi connectivity index (χ0n) is 6.05. The number of aliphatic hydroxyl groups excluding tert-OH is 1. The van der Waals surface area contributed by atoms with Crippen LogP contribution in [0.5, 0.6) is 0 Å². The van der Waals surface area contributed by atoms with Crippen molar-refractivity contribution in [2.24, 2.45) is 0 Å². The van der Waals surface area contributed by atoms with Crippen LogP contribution in [0, 0.1) is 0 Å². The van der Waals surface area contributed by atoms with Crippen LogP contribution in [0.2, 0.25) is 0 Å².